The molecule has 0 radical (unpaired) electrons. The third-order valence-corrected chi connectivity index (χ3v) is 5.11. The molecular formula is C21H20F2N4O3. The lowest BCUT2D eigenvalue weighted by atomic mass is 10.0. The Morgan fingerprint density at radius 3 is 2.63 bits per heavy atom. The number of fused-ring (bicyclic) bond motifs is 1. The number of carbonyl (C=O) groups excluding carboxylic acids is 2. The lowest BCUT2D eigenvalue weighted by Crippen LogP contribution is -2.49. The Bertz CT molecular complexity index is 996. The van der Waals surface area contributed by atoms with Crippen molar-refractivity contribution >= 4 is 17.5 Å². The predicted octanol–water partition coefficient (Wildman–Crippen LogP) is 2.55. The zero-order chi connectivity index (χ0) is 21.3. The summed E-state index contributed by atoms with van der Waals surface area (Å²) >= 11 is 0. The Kier molecular flexibility index (Phi) is 5.37. The van der Waals surface area contributed by atoms with Crippen molar-refractivity contribution in [2.45, 2.75) is 18.5 Å². The third-order valence-electron chi connectivity index (χ3n) is 5.11. The van der Waals surface area contributed by atoms with Gasteiger partial charge >= 0.3 is 0 Å². The van der Waals surface area contributed by atoms with Gasteiger partial charge < -0.3 is 20.0 Å². The molecule has 2 atom stereocenters. The van der Waals surface area contributed by atoms with Crippen molar-refractivity contribution in [3.8, 4) is 5.75 Å². The number of hydrogen-bond acceptors (Lipinski definition) is 5. The predicted molar refractivity (Wildman–Crippen MR) is 105 cm³/mol. The SMILES string of the molecule is COc1ccc(C2CC3C(=O)N(CC(=O)Nc4ccc(F)c(F)c4)C=CN3N2)cc1. The number of halogens is 2. The molecule has 9 heteroatoms. The molecule has 2 aromatic carbocycles. The van der Waals surface area contributed by atoms with Gasteiger partial charge in [0.05, 0.1) is 13.2 Å². The fourth-order valence-corrected chi connectivity index (χ4v) is 3.55. The second-order valence-corrected chi connectivity index (χ2v) is 7.05. The van der Waals surface area contributed by atoms with E-state index in [9.17, 15) is 18.4 Å². The maximum atomic E-state index is 13.3. The van der Waals surface area contributed by atoms with E-state index in [4.69, 9.17) is 4.74 Å². The molecule has 2 heterocycles. The fraction of sp³-hybridized carbons (Fsp3) is 0.238. The largest absolute Gasteiger partial charge is 0.497 e. The van der Waals surface area contributed by atoms with Gasteiger partial charge in [-0.1, -0.05) is 12.1 Å². The summed E-state index contributed by atoms with van der Waals surface area (Å²) in [7, 11) is 1.60. The van der Waals surface area contributed by atoms with Crippen LogP contribution in [0.5, 0.6) is 5.75 Å². The minimum absolute atomic E-state index is 0.0505. The van der Waals surface area contributed by atoms with Crippen molar-refractivity contribution in [1.82, 2.24) is 15.3 Å². The van der Waals surface area contributed by atoms with E-state index in [1.165, 1.54) is 17.2 Å². The summed E-state index contributed by atoms with van der Waals surface area (Å²) < 4.78 is 31.5. The summed E-state index contributed by atoms with van der Waals surface area (Å²) in [6, 6.07) is 10.2. The Hall–Kier alpha value is -3.46. The molecule has 2 aromatic rings. The average Bonchev–Trinajstić information content (AvgIpc) is 3.18. The third kappa shape index (κ3) is 3.97. The molecule has 30 heavy (non-hydrogen) atoms. The molecule has 0 aromatic heterocycles. The molecule has 2 amide bonds. The van der Waals surface area contributed by atoms with Crippen LogP contribution in [0, 0.1) is 11.6 Å². The molecule has 2 aliphatic heterocycles. The van der Waals surface area contributed by atoms with E-state index in [1.54, 1.807) is 18.3 Å². The molecule has 4 rings (SSSR count). The van der Waals surface area contributed by atoms with Crippen LogP contribution in [-0.2, 0) is 9.59 Å². The number of amides is 2. The van der Waals surface area contributed by atoms with Crippen LogP contribution in [0.2, 0.25) is 0 Å². The van der Waals surface area contributed by atoms with Crippen LogP contribution >= 0.6 is 0 Å². The van der Waals surface area contributed by atoms with Crippen LogP contribution in [0.1, 0.15) is 18.0 Å². The zero-order valence-electron chi connectivity index (χ0n) is 16.1. The summed E-state index contributed by atoms with van der Waals surface area (Å²) in [5.74, 6) is -2.03. The van der Waals surface area contributed by atoms with Crippen LogP contribution in [0.25, 0.3) is 0 Å². The monoisotopic (exact) mass is 414 g/mol. The smallest absolute Gasteiger partial charge is 0.251 e. The fourth-order valence-electron chi connectivity index (χ4n) is 3.55. The normalized spacial score (nSPS) is 20.3. The molecule has 1 fully saturated rings. The number of nitrogens with one attached hydrogen (secondary N) is 2. The highest BCUT2D eigenvalue weighted by atomic mass is 19.2. The quantitative estimate of drug-likeness (QED) is 0.787. The van der Waals surface area contributed by atoms with Gasteiger partial charge in [-0.05, 0) is 36.2 Å². The lowest BCUT2D eigenvalue weighted by molar-refractivity contribution is -0.137. The van der Waals surface area contributed by atoms with Crippen LogP contribution < -0.4 is 15.5 Å². The van der Waals surface area contributed by atoms with Gasteiger partial charge in [0, 0.05) is 24.2 Å². The van der Waals surface area contributed by atoms with E-state index in [1.807, 2.05) is 24.3 Å². The molecule has 1 saturated heterocycles. The van der Waals surface area contributed by atoms with E-state index in [2.05, 4.69) is 10.7 Å². The Morgan fingerprint density at radius 2 is 1.93 bits per heavy atom. The molecule has 0 aliphatic carbocycles. The van der Waals surface area contributed by atoms with E-state index in [-0.39, 0.29) is 24.2 Å². The van der Waals surface area contributed by atoms with Gasteiger partial charge in [-0.15, -0.1) is 0 Å². The van der Waals surface area contributed by atoms with E-state index >= 15 is 0 Å². The first-order chi connectivity index (χ1) is 14.4. The molecule has 2 unspecified atom stereocenters. The summed E-state index contributed by atoms with van der Waals surface area (Å²) in [4.78, 5) is 26.4. The number of ether oxygens (including phenoxy) is 1. The van der Waals surface area contributed by atoms with Gasteiger partial charge in [-0.25, -0.2) is 14.2 Å². The number of rotatable bonds is 5. The first kappa shape index (κ1) is 19.8. The minimum Gasteiger partial charge on any atom is -0.497 e. The standard InChI is InChI=1S/C21H20F2N4O3/c1-30-15-5-2-13(3-6-15)18-11-19-21(29)26(8-9-27(19)25-18)12-20(28)24-14-4-7-16(22)17(23)10-14/h2-10,18-19,25H,11-12H2,1H3,(H,24,28). The highest BCUT2D eigenvalue weighted by Crippen LogP contribution is 2.31. The second-order valence-electron chi connectivity index (χ2n) is 7.05. The van der Waals surface area contributed by atoms with Crippen molar-refractivity contribution < 1.29 is 23.1 Å². The summed E-state index contributed by atoms with van der Waals surface area (Å²) in [5, 5.41) is 4.21. The van der Waals surface area contributed by atoms with Crippen LogP contribution in [-0.4, -0.2) is 41.4 Å². The Morgan fingerprint density at radius 1 is 1.17 bits per heavy atom. The topological polar surface area (TPSA) is 73.9 Å². The Labute approximate surface area is 171 Å². The first-order valence-corrected chi connectivity index (χ1v) is 9.37. The van der Waals surface area contributed by atoms with Crippen LogP contribution in [0.15, 0.2) is 54.9 Å². The van der Waals surface area contributed by atoms with Crippen molar-refractivity contribution in [1.29, 1.82) is 0 Å². The number of carbonyl (C=O) groups is 2. The maximum Gasteiger partial charge on any atom is 0.251 e. The van der Waals surface area contributed by atoms with E-state index in [0.29, 0.717) is 6.42 Å². The van der Waals surface area contributed by atoms with Crippen LogP contribution in [0.3, 0.4) is 0 Å². The number of methoxy groups -OCH3 is 1. The summed E-state index contributed by atoms with van der Waals surface area (Å²) in [6.45, 7) is -0.230. The Balaban J connectivity index is 1.38. The number of hydrazine groups is 1. The number of hydrogen-bond donors (Lipinski definition) is 2. The molecule has 0 spiro atoms. The summed E-state index contributed by atoms with van der Waals surface area (Å²) in [5.41, 5.74) is 4.43. The first-order valence-electron chi connectivity index (χ1n) is 9.37. The molecule has 0 saturated carbocycles. The van der Waals surface area contributed by atoms with Crippen LogP contribution in [0.4, 0.5) is 14.5 Å². The zero-order valence-corrected chi connectivity index (χ0v) is 16.1. The van der Waals surface area contributed by atoms with Gasteiger partial charge in [-0.2, -0.15) is 0 Å². The summed E-state index contributed by atoms with van der Waals surface area (Å²) in [6.07, 6.45) is 3.77. The van der Waals surface area contributed by atoms with Crippen molar-refractivity contribution in [3.63, 3.8) is 0 Å². The molecule has 2 N–H and O–H groups in total. The molecule has 7 nitrogen and oxygen atoms in total. The highest BCUT2D eigenvalue weighted by molar-refractivity contribution is 5.96. The van der Waals surface area contributed by atoms with E-state index < -0.39 is 23.6 Å². The molecule has 2 aliphatic rings. The number of anilines is 1. The lowest BCUT2D eigenvalue weighted by Gasteiger charge is -2.31. The number of benzene rings is 2. The van der Waals surface area contributed by atoms with Crippen molar-refractivity contribution in [2.75, 3.05) is 19.0 Å². The average molecular weight is 414 g/mol. The van der Waals surface area contributed by atoms with Crippen molar-refractivity contribution in [3.05, 3.63) is 72.1 Å². The molecule has 156 valence electrons. The van der Waals surface area contributed by atoms with Gasteiger partial charge in [-0.3, -0.25) is 9.59 Å². The molecular weight excluding hydrogens is 394 g/mol. The van der Waals surface area contributed by atoms with Gasteiger partial charge in [0.2, 0.25) is 5.91 Å². The van der Waals surface area contributed by atoms with Gasteiger partial charge in [0.1, 0.15) is 18.3 Å². The second kappa shape index (κ2) is 8.11. The minimum atomic E-state index is -1.06. The highest BCUT2D eigenvalue weighted by Gasteiger charge is 2.40. The maximum absolute atomic E-state index is 13.3. The van der Waals surface area contributed by atoms with Gasteiger partial charge in [0.25, 0.3) is 5.91 Å². The molecule has 0 bridgehead atoms. The van der Waals surface area contributed by atoms with Gasteiger partial charge in [0.15, 0.2) is 11.6 Å². The number of nitrogens with zero attached hydrogens (tertiary/aromatic N) is 2. The van der Waals surface area contributed by atoms with E-state index in [0.717, 1.165) is 23.4 Å². The van der Waals surface area contributed by atoms with Crippen molar-refractivity contribution in [2.24, 2.45) is 0 Å².